The van der Waals surface area contributed by atoms with Gasteiger partial charge in [-0.15, -0.1) is 0 Å². The van der Waals surface area contributed by atoms with Crippen LogP contribution in [0.1, 0.15) is 27.9 Å². The van der Waals surface area contributed by atoms with Crippen molar-refractivity contribution < 1.29 is 31.8 Å². The highest BCUT2D eigenvalue weighted by atomic mass is 19.3. The lowest BCUT2D eigenvalue weighted by Crippen LogP contribution is -2.45. The summed E-state index contributed by atoms with van der Waals surface area (Å²) >= 11 is 0. The van der Waals surface area contributed by atoms with E-state index in [1.54, 1.807) is 24.3 Å². The Labute approximate surface area is 189 Å². The molecule has 4 rings (SSSR count). The first-order valence-electron chi connectivity index (χ1n) is 10.8. The predicted octanol–water partition coefficient (Wildman–Crippen LogP) is 4.21. The van der Waals surface area contributed by atoms with Crippen LogP contribution < -0.4 is 4.74 Å². The van der Waals surface area contributed by atoms with Crippen LogP contribution >= 0.6 is 0 Å². The molecule has 2 aliphatic heterocycles. The summed E-state index contributed by atoms with van der Waals surface area (Å²) in [4.78, 5) is 16.4. The molecule has 2 saturated heterocycles. The number of methoxy groups -OCH3 is 1. The molecule has 2 unspecified atom stereocenters. The molecule has 0 radical (unpaired) electrons. The normalized spacial score (nSPS) is 22.5. The van der Waals surface area contributed by atoms with Gasteiger partial charge in [0.2, 0.25) is 6.17 Å². The lowest BCUT2D eigenvalue weighted by atomic mass is 10.1. The van der Waals surface area contributed by atoms with Crippen molar-refractivity contribution in [2.24, 2.45) is 0 Å². The van der Waals surface area contributed by atoms with E-state index in [-0.39, 0.29) is 11.7 Å². The Bertz CT molecular complexity index is 942. The van der Waals surface area contributed by atoms with Crippen LogP contribution in [-0.2, 0) is 17.8 Å². The van der Waals surface area contributed by atoms with Gasteiger partial charge < -0.3 is 9.47 Å². The van der Waals surface area contributed by atoms with Gasteiger partial charge in [-0.05, 0) is 41.8 Å². The molecule has 0 amide bonds. The first kappa shape index (κ1) is 23.5. The van der Waals surface area contributed by atoms with E-state index < -0.39 is 19.0 Å². The Kier molecular flexibility index (Phi) is 7.19. The van der Waals surface area contributed by atoms with Gasteiger partial charge >= 0.3 is 5.97 Å². The number of hydrogen-bond donors (Lipinski definition) is 0. The first-order valence-corrected chi connectivity index (χ1v) is 10.8. The van der Waals surface area contributed by atoms with E-state index >= 15 is 0 Å². The molecule has 0 saturated carbocycles. The Hall–Kier alpha value is -2.65. The van der Waals surface area contributed by atoms with Crippen LogP contribution in [0.4, 0.5) is 17.6 Å². The molecule has 0 spiro atoms. The fourth-order valence-electron chi connectivity index (χ4n) is 4.53. The molecule has 5 nitrogen and oxygen atoms in total. The highest BCUT2D eigenvalue weighted by molar-refractivity contribution is 5.89. The van der Waals surface area contributed by atoms with Crippen molar-refractivity contribution in [1.82, 2.24) is 9.80 Å². The molecular weight excluding hydrogens is 440 g/mol. The third-order valence-corrected chi connectivity index (χ3v) is 6.28. The lowest BCUT2D eigenvalue weighted by molar-refractivity contribution is -0.0750. The van der Waals surface area contributed by atoms with Crippen LogP contribution in [0.15, 0.2) is 48.5 Å². The molecule has 2 aromatic rings. The van der Waals surface area contributed by atoms with Gasteiger partial charge in [0.05, 0.1) is 12.7 Å². The van der Waals surface area contributed by atoms with E-state index in [2.05, 4.69) is 14.5 Å². The van der Waals surface area contributed by atoms with Crippen molar-refractivity contribution in [1.29, 1.82) is 0 Å². The van der Waals surface area contributed by atoms with Crippen LogP contribution in [0.25, 0.3) is 0 Å². The number of carbonyl (C=O) groups is 1. The van der Waals surface area contributed by atoms with Crippen LogP contribution in [-0.4, -0.2) is 67.0 Å². The number of carbonyl (C=O) groups excluding carboxylic acids is 1. The minimum atomic E-state index is -3.43. The predicted molar refractivity (Wildman–Crippen MR) is 114 cm³/mol. The standard InChI is InChI=1S/C24H26F4N2O3/c1-32-24(31)17-6-2-15(3-7-17)11-29-13-19-10-18(29)14-30(19)12-16-4-8-20(9-5-16)33-23(28)21(25)22(26)27/h2-9,18-19,21-23H,10-14H2,1H3/t18-,19-,21?,23?/m0/s1. The van der Waals surface area contributed by atoms with E-state index in [9.17, 15) is 22.4 Å². The largest absolute Gasteiger partial charge is 0.465 e. The summed E-state index contributed by atoms with van der Waals surface area (Å²) in [5, 5.41) is 0. The van der Waals surface area contributed by atoms with Crippen LogP contribution in [0.3, 0.4) is 0 Å². The van der Waals surface area contributed by atoms with E-state index in [0.717, 1.165) is 37.2 Å². The average Bonchev–Trinajstić information content (AvgIpc) is 3.39. The number of fused-ring (bicyclic) bond motifs is 2. The van der Waals surface area contributed by atoms with Crippen molar-refractivity contribution in [3.8, 4) is 5.75 Å². The first-order chi connectivity index (χ1) is 15.8. The number of piperazine rings is 1. The molecule has 2 heterocycles. The van der Waals surface area contributed by atoms with Gasteiger partial charge in [-0.3, -0.25) is 9.80 Å². The lowest BCUT2D eigenvalue weighted by Gasteiger charge is -2.34. The number of benzene rings is 2. The Morgan fingerprint density at radius 3 is 1.88 bits per heavy atom. The summed E-state index contributed by atoms with van der Waals surface area (Å²) in [5.74, 6) is -0.330. The fraction of sp³-hybridized carbons (Fsp3) is 0.458. The van der Waals surface area contributed by atoms with Crippen molar-refractivity contribution in [2.75, 3.05) is 20.2 Å². The number of esters is 1. The number of ether oxygens (including phenoxy) is 2. The molecule has 0 N–H and O–H groups in total. The van der Waals surface area contributed by atoms with Gasteiger partial charge in [0.25, 0.3) is 12.8 Å². The van der Waals surface area contributed by atoms with Crippen molar-refractivity contribution in [3.05, 3.63) is 65.2 Å². The fourth-order valence-corrected chi connectivity index (χ4v) is 4.53. The zero-order valence-electron chi connectivity index (χ0n) is 18.2. The van der Waals surface area contributed by atoms with Crippen LogP contribution in [0, 0.1) is 0 Å². The number of alkyl halides is 4. The second kappa shape index (κ2) is 10.1. The molecule has 9 heteroatoms. The summed E-state index contributed by atoms with van der Waals surface area (Å²) in [5.41, 5.74) is 2.67. The van der Waals surface area contributed by atoms with Crippen molar-refractivity contribution in [3.63, 3.8) is 0 Å². The quantitative estimate of drug-likeness (QED) is 0.409. The minimum Gasteiger partial charge on any atom is -0.465 e. The Balaban J connectivity index is 1.27. The summed E-state index contributed by atoms with van der Waals surface area (Å²) in [6.45, 7) is 3.40. The molecule has 178 valence electrons. The average molecular weight is 466 g/mol. The maximum absolute atomic E-state index is 13.4. The summed E-state index contributed by atoms with van der Waals surface area (Å²) in [6, 6.07) is 14.8. The molecule has 2 bridgehead atoms. The van der Waals surface area contributed by atoms with E-state index in [4.69, 9.17) is 4.74 Å². The number of halogens is 4. The topological polar surface area (TPSA) is 42.0 Å². The maximum Gasteiger partial charge on any atom is 0.337 e. The molecule has 33 heavy (non-hydrogen) atoms. The second-order valence-corrected chi connectivity index (χ2v) is 8.48. The van der Waals surface area contributed by atoms with Crippen molar-refractivity contribution in [2.45, 2.75) is 50.5 Å². The molecule has 2 aliphatic rings. The second-order valence-electron chi connectivity index (χ2n) is 8.48. The van der Waals surface area contributed by atoms with Gasteiger partial charge in [-0.25, -0.2) is 18.0 Å². The van der Waals surface area contributed by atoms with Gasteiger partial charge in [-0.2, -0.15) is 4.39 Å². The molecule has 4 atom stereocenters. The number of likely N-dealkylation sites (tertiary alicyclic amines) is 2. The zero-order valence-corrected chi connectivity index (χ0v) is 18.2. The zero-order chi connectivity index (χ0) is 23.5. The molecule has 0 aromatic heterocycles. The number of rotatable bonds is 9. The third-order valence-electron chi connectivity index (χ3n) is 6.28. The van der Waals surface area contributed by atoms with Gasteiger partial charge in [0.1, 0.15) is 5.75 Å². The molecule has 0 aliphatic carbocycles. The maximum atomic E-state index is 13.4. The van der Waals surface area contributed by atoms with E-state index in [1.165, 1.54) is 19.2 Å². The van der Waals surface area contributed by atoms with Crippen LogP contribution in [0.5, 0.6) is 5.75 Å². The number of nitrogens with zero attached hydrogens (tertiary/aromatic N) is 2. The molecule has 2 aromatic carbocycles. The highest BCUT2D eigenvalue weighted by Crippen LogP contribution is 2.33. The van der Waals surface area contributed by atoms with Crippen molar-refractivity contribution >= 4 is 5.97 Å². The number of hydrogen-bond acceptors (Lipinski definition) is 5. The van der Waals surface area contributed by atoms with Crippen LogP contribution in [0.2, 0.25) is 0 Å². The van der Waals surface area contributed by atoms with Gasteiger partial charge in [0, 0.05) is 38.3 Å². The summed E-state index contributed by atoms with van der Waals surface area (Å²) < 4.78 is 60.3. The monoisotopic (exact) mass is 466 g/mol. The highest BCUT2D eigenvalue weighted by Gasteiger charge is 2.42. The molecular formula is C24H26F4N2O3. The SMILES string of the molecule is COC(=O)c1ccc(CN2C[C@@H]3C[C@H]2CN3Cc2ccc(OC(F)C(F)C(F)F)cc2)cc1. The summed E-state index contributed by atoms with van der Waals surface area (Å²) in [7, 11) is 1.36. The summed E-state index contributed by atoms with van der Waals surface area (Å²) in [6.07, 6.45) is -8.02. The Morgan fingerprint density at radius 2 is 1.42 bits per heavy atom. The molecule has 2 fully saturated rings. The third kappa shape index (κ3) is 5.47. The smallest absolute Gasteiger partial charge is 0.337 e. The van der Waals surface area contributed by atoms with E-state index in [1.807, 2.05) is 12.1 Å². The van der Waals surface area contributed by atoms with Gasteiger partial charge in [0.15, 0.2) is 0 Å². The van der Waals surface area contributed by atoms with E-state index in [0.29, 0.717) is 24.2 Å². The van der Waals surface area contributed by atoms with Gasteiger partial charge in [-0.1, -0.05) is 24.3 Å². The minimum absolute atomic E-state index is 0.0156. The Morgan fingerprint density at radius 1 is 0.909 bits per heavy atom.